The lowest BCUT2D eigenvalue weighted by Gasteiger charge is -2.24. The normalized spacial score (nSPS) is 14.8. The monoisotopic (exact) mass is 317 g/mol. The first kappa shape index (κ1) is 15.6. The van der Waals surface area contributed by atoms with Crippen LogP contribution < -0.4 is 5.32 Å². The van der Waals surface area contributed by atoms with Crippen molar-refractivity contribution in [1.82, 2.24) is 5.32 Å². The molecule has 18 heavy (non-hydrogen) atoms. The van der Waals surface area contributed by atoms with Gasteiger partial charge in [-0.2, -0.15) is 0 Å². The standard InChI is InChI=1S/C14H21BrFNO/c1-10(2)17-7-6-14(3,18)9-11-4-5-12(16)8-13(11)15/h4-5,8,10,17-18H,6-7,9H2,1-3H3. The van der Waals surface area contributed by atoms with Crippen molar-refractivity contribution in [2.45, 2.75) is 45.3 Å². The molecule has 0 heterocycles. The van der Waals surface area contributed by atoms with Crippen molar-refractivity contribution in [3.8, 4) is 0 Å². The third kappa shape index (κ3) is 5.46. The van der Waals surface area contributed by atoms with Gasteiger partial charge in [0.25, 0.3) is 0 Å². The van der Waals surface area contributed by atoms with Crippen molar-refractivity contribution in [2.75, 3.05) is 6.54 Å². The van der Waals surface area contributed by atoms with Crippen molar-refractivity contribution in [3.05, 3.63) is 34.1 Å². The van der Waals surface area contributed by atoms with Crippen LogP contribution in [0.2, 0.25) is 0 Å². The second-order valence-electron chi connectivity index (χ2n) is 5.27. The number of hydrogen-bond acceptors (Lipinski definition) is 2. The number of hydrogen-bond donors (Lipinski definition) is 2. The average Bonchev–Trinajstić information content (AvgIpc) is 2.21. The zero-order chi connectivity index (χ0) is 13.8. The molecule has 0 radical (unpaired) electrons. The molecule has 0 aliphatic rings. The number of halogens is 2. The topological polar surface area (TPSA) is 32.3 Å². The SMILES string of the molecule is CC(C)NCCC(C)(O)Cc1ccc(F)cc1Br. The Balaban J connectivity index is 2.58. The van der Waals surface area contributed by atoms with Gasteiger partial charge in [0.05, 0.1) is 5.60 Å². The van der Waals surface area contributed by atoms with E-state index < -0.39 is 5.60 Å². The second kappa shape index (κ2) is 6.64. The highest BCUT2D eigenvalue weighted by Crippen LogP contribution is 2.24. The Morgan fingerprint density at radius 3 is 2.67 bits per heavy atom. The van der Waals surface area contributed by atoms with Gasteiger partial charge in [-0.1, -0.05) is 35.8 Å². The molecule has 0 aliphatic carbocycles. The maximum atomic E-state index is 13.0. The molecule has 0 fully saturated rings. The quantitative estimate of drug-likeness (QED) is 0.844. The fourth-order valence-corrected chi connectivity index (χ4v) is 2.28. The number of aliphatic hydroxyl groups is 1. The highest BCUT2D eigenvalue weighted by molar-refractivity contribution is 9.10. The van der Waals surface area contributed by atoms with E-state index in [2.05, 4.69) is 35.1 Å². The summed E-state index contributed by atoms with van der Waals surface area (Å²) in [7, 11) is 0. The Hall–Kier alpha value is -0.450. The zero-order valence-corrected chi connectivity index (χ0v) is 12.7. The van der Waals surface area contributed by atoms with Crippen molar-refractivity contribution in [3.63, 3.8) is 0 Å². The summed E-state index contributed by atoms with van der Waals surface area (Å²) in [6.45, 7) is 6.73. The number of benzene rings is 1. The lowest BCUT2D eigenvalue weighted by atomic mass is 9.93. The minimum Gasteiger partial charge on any atom is -0.390 e. The molecule has 1 rings (SSSR count). The Labute approximate surface area is 117 Å². The van der Waals surface area contributed by atoms with E-state index in [0.717, 1.165) is 12.1 Å². The summed E-state index contributed by atoms with van der Waals surface area (Å²) in [5.74, 6) is -0.272. The van der Waals surface area contributed by atoms with Gasteiger partial charge in [-0.3, -0.25) is 0 Å². The molecular formula is C14H21BrFNO. The van der Waals surface area contributed by atoms with Gasteiger partial charge in [0.2, 0.25) is 0 Å². The molecule has 2 N–H and O–H groups in total. The van der Waals surface area contributed by atoms with E-state index in [-0.39, 0.29) is 5.82 Å². The second-order valence-corrected chi connectivity index (χ2v) is 6.12. The molecule has 1 aromatic rings. The van der Waals surface area contributed by atoms with Gasteiger partial charge in [0.15, 0.2) is 0 Å². The van der Waals surface area contributed by atoms with E-state index in [1.54, 1.807) is 6.07 Å². The van der Waals surface area contributed by atoms with Gasteiger partial charge < -0.3 is 10.4 Å². The summed E-state index contributed by atoms with van der Waals surface area (Å²) in [6.07, 6.45) is 1.17. The summed E-state index contributed by atoms with van der Waals surface area (Å²) in [4.78, 5) is 0. The Kier molecular flexibility index (Phi) is 5.76. The first-order valence-electron chi connectivity index (χ1n) is 6.20. The van der Waals surface area contributed by atoms with Crippen LogP contribution >= 0.6 is 15.9 Å². The van der Waals surface area contributed by atoms with Gasteiger partial charge in [-0.15, -0.1) is 0 Å². The van der Waals surface area contributed by atoms with Gasteiger partial charge >= 0.3 is 0 Å². The molecule has 0 aliphatic heterocycles. The zero-order valence-electron chi connectivity index (χ0n) is 11.1. The molecule has 2 nitrogen and oxygen atoms in total. The van der Waals surface area contributed by atoms with Crippen LogP contribution in [0.1, 0.15) is 32.8 Å². The summed E-state index contributed by atoms with van der Waals surface area (Å²) in [5, 5.41) is 13.6. The Bertz CT molecular complexity index is 393. The maximum Gasteiger partial charge on any atom is 0.124 e. The van der Waals surface area contributed by atoms with Crippen LogP contribution in [0.4, 0.5) is 4.39 Å². The van der Waals surface area contributed by atoms with Crippen LogP contribution in [-0.2, 0) is 6.42 Å². The van der Waals surface area contributed by atoms with Crippen LogP contribution in [-0.4, -0.2) is 23.3 Å². The van der Waals surface area contributed by atoms with Crippen molar-refractivity contribution in [1.29, 1.82) is 0 Å². The fourth-order valence-electron chi connectivity index (χ4n) is 1.79. The van der Waals surface area contributed by atoms with Crippen LogP contribution in [0.3, 0.4) is 0 Å². The molecule has 1 atom stereocenters. The van der Waals surface area contributed by atoms with Gasteiger partial charge in [-0.25, -0.2) is 4.39 Å². The fraction of sp³-hybridized carbons (Fsp3) is 0.571. The first-order chi connectivity index (χ1) is 8.30. The largest absolute Gasteiger partial charge is 0.390 e. The predicted octanol–water partition coefficient (Wildman–Crippen LogP) is 3.27. The highest BCUT2D eigenvalue weighted by Gasteiger charge is 2.21. The Morgan fingerprint density at radius 2 is 2.11 bits per heavy atom. The smallest absolute Gasteiger partial charge is 0.124 e. The molecule has 0 aromatic heterocycles. The number of rotatable bonds is 6. The van der Waals surface area contributed by atoms with Crippen LogP contribution in [0.15, 0.2) is 22.7 Å². The van der Waals surface area contributed by atoms with E-state index in [0.29, 0.717) is 23.4 Å². The molecule has 0 saturated heterocycles. The van der Waals surface area contributed by atoms with Gasteiger partial charge in [0.1, 0.15) is 5.82 Å². The predicted molar refractivity (Wildman–Crippen MR) is 76.2 cm³/mol. The van der Waals surface area contributed by atoms with Gasteiger partial charge in [-0.05, 0) is 37.6 Å². The van der Waals surface area contributed by atoms with Crippen molar-refractivity contribution < 1.29 is 9.50 Å². The lowest BCUT2D eigenvalue weighted by Crippen LogP contribution is -2.34. The molecule has 0 spiro atoms. The van der Waals surface area contributed by atoms with Crippen LogP contribution in [0.25, 0.3) is 0 Å². The third-order valence-corrected chi connectivity index (χ3v) is 3.54. The maximum absolute atomic E-state index is 13.0. The molecule has 0 bridgehead atoms. The van der Waals surface area contributed by atoms with E-state index in [9.17, 15) is 9.50 Å². The van der Waals surface area contributed by atoms with E-state index in [1.807, 2.05) is 6.92 Å². The van der Waals surface area contributed by atoms with Crippen LogP contribution in [0, 0.1) is 5.82 Å². The average molecular weight is 318 g/mol. The lowest BCUT2D eigenvalue weighted by molar-refractivity contribution is 0.0509. The first-order valence-corrected chi connectivity index (χ1v) is 6.99. The Morgan fingerprint density at radius 1 is 1.44 bits per heavy atom. The van der Waals surface area contributed by atoms with E-state index in [1.165, 1.54) is 12.1 Å². The highest BCUT2D eigenvalue weighted by atomic mass is 79.9. The molecule has 4 heteroatoms. The van der Waals surface area contributed by atoms with Crippen LogP contribution in [0.5, 0.6) is 0 Å². The molecule has 0 amide bonds. The van der Waals surface area contributed by atoms with Gasteiger partial charge in [0, 0.05) is 16.9 Å². The van der Waals surface area contributed by atoms with E-state index >= 15 is 0 Å². The molecular weight excluding hydrogens is 297 g/mol. The molecule has 102 valence electrons. The minimum absolute atomic E-state index is 0.272. The summed E-state index contributed by atoms with van der Waals surface area (Å²) >= 11 is 3.32. The van der Waals surface area contributed by atoms with Crippen molar-refractivity contribution >= 4 is 15.9 Å². The van der Waals surface area contributed by atoms with Crippen molar-refractivity contribution in [2.24, 2.45) is 0 Å². The number of nitrogens with one attached hydrogen (secondary N) is 1. The summed E-state index contributed by atoms with van der Waals surface area (Å²) in [6, 6.07) is 4.97. The molecule has 1 unspecified atom stereocenters. The molecule has 1 aromatic carbocycles. The summed E-state index contributed by atoms with van der Waals surface area (Å²) in [5.41, 5.74) is 0.133. The molecule has 0 saturated carbocycles. The summed E-state index contributed by atoms with van der Waals surface area (Å²) < 4.78 is 13.7. The third-order valence-electron chi connectivity index (χ3n) is 2.80. The minimum atomic E-state index is -0.789. The van der Waals surface area contributed by atoms with E-state index in [4.69, 9.17) is 0 Å².